The molecule has 0 saturated carbocycles. The molecule has 0 aromatic heterocycles. The van der Waals surface area contributed by atoms with E-state index in [4.69, 9.17) is 0 Å². The normalized spacial score (nSPS) is 17.4. The second-order valence-corrected chi connectivity index (χ2v) is 6.17. The lowest BCUT2D eigenvalue weighted by molar-refractivity contribution is 0.0904. The van der Waals surface area contributed by atoms with Gasteiger partial charge in [0.05, 0.1) is 10.0 Å². The summed E-state index contributed by atoms with van der Waals surface area (Å²) in [6, 6.07) is 9.96. The summed E-state index contributed by atoms with van der Waals surface area (Å²) in [5.41, 5.74) is 2.21. The van der Waals surface area contributed by atoms with Gasteiger partial charge >= 0.3 is 0 Å². The molecule has 0 fully saturated rings. The third-order valence-corrected chi connectivity index (χ3v) is 4.60. The number of ketones is 1. The van der Waals surface area contributed by atoms with Crippen molar-refractivity contribution in [3.05, 3.63) is 69.2 Å². The van der Waals surface area contributed by atoms with Gasteiger partial charge in [0, 0.05) is 5.92 Å². The quantitative estimate of drug-likeness (QED) is 0.566. The van der Waals surface area contributed by atoms with Gasteiger partial charge in [-0.05, 0) is 58.5 Å². The van der Waals surface area contributed by atoms with Crippen LogP contribution >= 0.6 is 15.9 Å². The van der Waals surface area contributed by atoms with Crippen LogP contribution in [0.2, 0.25) is 0 Å². The number of carbonyl (C=O) groups excluding carboxylic acids is 1. The molecule has 0 aliphatic heterocycles. The van der Waals surface area contributed by atoms with Crippen molar-refractivity contribution in [2.24, 2.45) is 5.92 Å². The van der Waals surface area contributed by atoms with Crippen LogP contribution < -0.4 is 0 Å². The molecule has 0 spiro atoms. The number of aryl methyl sites for hydroxylation is 1. The molecule has 1 unspecified atom stereocenters. The first kappa shape index (κ1) is 14.4. The smallest absolute Gasteiger partial charge is 0.169 e. The van der Waals surface area contributed by atoms with E-state index in [1.165, 1.54) is 5.56 Å². The van der Waals surface area contributed by atoms with Gasteiger partial charge in [0.1, 0.15) is 11.6 Å². The molecular weight excluding hydrogens is 338 g/mol. The molecule has 1 aliphatic rings. The van der Waals surface area contributed by atoms with Crippen LogP contribution in [0.1, 0.15) is 27.9 Å². The van der Waals surface area contributed by atoms with Crippen molar-refractivity contribution in [2.45, 2.75) is 19.3 Å². The van der Waals surface area contributed by atoms with Gasteiger partial charge in [-0.1, -0.05) is 24.3 Å². The van der Waals surface area contributed by atoms with Crippen LogP contribution in [0.3, 0.4) is 0 Å². The zero-order valence-corrected chi connectivity index (χ0v) is 12.8. The van der Waals surface area contributed by atoms with Gasteiger partial charge in [-0.2, -0.15) is 0 Å². The molecule has 4 heteroatoms. The molecule has 0 saturated heterocycles. The van der Waals surface area contributed by atoms with Gasteiger partial charge in [0.2, 0.25) is 0 Å². The summed E-state index contributed by atoms with van der Waals surface area (Å²) in [7, 11) is 0. The van der Waals surface area contributed by atoms with E-state index < -0.39 is 11.6 Å². The summed E-state index contributed by atoms with van der Waals surface area (Å²) in [6.07, 6.45) is 2.06. The summed E-state index contributed by atoms with van der Waals surface area (Å²) in [4.78, 5) is 12.5. The van der Waals surface area contributed by atoms with Crippen LogP contribution in [0, 0.1) is 17.6 Å². The van der Waals surface area contributed by atoms with Crippen LogP contribution in [-0.4, -0.2) is 5.78 Å². The molecule has 1 aliphatic carbocycles. The molecule has 0 radical (unpaired) electrons. The Bertz CT molecular complexity index is 712. The van der Waals surface area contributed by atoms with Gasteiger partial charge in [0.15, 0.2) is 5.78 Å². The average molecular weight is 351 g/mol. The Hall–Kier alpha value is -1.55. The molecule has 2 aromatic carbocycles. The number of carbonyl (C=O) groups is 1. The molecule has 0 amide bonds. The summed E-state index contributed by atoms with van der Waals surface area (Å²) < 4.78 is 27.5. The second-order valence-electron chi connectivity index (χ2n) is 5.32. The Morgan fingerprint density at radius 1 is 1.10 bits per heavy atom. The highest BCUT2D eigenvalue weighted by Crippen LogP contribution is 2.29. The number of Topliss-reactive ketones (excluding diaryl/α,β-unsaturated/α-hetero) is 1. The lowest BCUT2D eigenvalue weighted by atomic mass is 9.80. The van der Waals surface area contributed by atoms with Crippen molar-refractivity contribution in [2.75, 3.05) is 0 Å². The highest BCUT2D eigenvalue weighted by Gasteiger charge is 2.27. The van der Waals surface area contributed by atoms with Crippen LogP contribution in [0.4, 0.5) is 8.78 Å². The fourth-order valence-corrected chi connectivity index (χ4v) is 3.17. The van der Waals surface area contributed by atoms with Crippen LogP contribution in [0.5, 0.6) is 0 Å². The molecule has 21 heavy (non-hydrogen) atoms. The Labute approximate surface area is 130 Å². The molecule has 3 rings (SSSR count). The number of benzene rings is 2. The summed E-state index contributed by atoms with van der Waals surface area (Å²) in [6.45, 7) is 0. The summed E-state index contributed by atoms with van der Waals surface area (Å²) in [5, 5.41) is 0. The van der Waals surface area contributed by atoms with E-state index in [-0.39, 0.29) is 21.7 Å². The Morgan fingerprint density at radius 2 is 1.81 bits per heavy atom. The van der Waals surface area contributed by atoms with E-state index in [2.05, 4.69) is 22.0 Å². The van der Waals surface area contributed by atoms with Gasteiger partial charge in [-0.3, -0.25) is 4.79 Å². The predicted octanol–water partition coefficient (Wildman–Crippen LogP) is 4.72. The highest BCUT2D eigenvalue weighted by atomic mass is 79.9. The predicted molar refractivity (Wildman–Crippen MR) is 80.3 cm³/mol. The van der Waals surface area contributed by atoms with E-state index >= 15 is 0 Å². The maximum atomic E-state index is 13.9. The Kier molecular flexibility index (Phi) is 3.89. The number of hydrogen-bond donors (Lipinski definition) is 0. The number of fused-ring (bicyclic) bond motifs is 1. The van der Waals surface area contributed by atoms with Crippen molar-refractivity contribution in [3.63, 3.8) is 0 Å². The van der Waals surface area contributed by atoms with E-state index in [0.717, 1.165) is 24.1 Å². The maximum absolute atomic E-state index is 13.9. The van der Waals surface area contributed by atoms with Crippen LogP contribution in [0.15, 0.2) is 40.9 Å². The van der Waals surface area contributed by atoms with E-state index in [0.29, 0.717) is 12.8 Å². The molecule has 1 nitrogen and oxygen atoms in total. The third kappa shape index (κ3) is 2.77. The Balaban J connectivity index is 1.89. The van der Waals surface area contributed by atoms with Crippen molar-refractivity contribution >= 4 is 21.7 Å². The molecule has 1 atom stereocenters. The van der Waals surface area contributed by atoms with Crippen molar-refractivity contribution in [1.29, 1.82) is 0 Å². The van der Waals surface area contributed by atoms with Gasteiger partial charge in [0.25, 0.3) is 0 Å². The van der Waals surface area contributed by atoms with E-state index in [9.17, 15) is 13.6 Å². The van der Waals surface area contributed by atoms with Gasteiger partial charge in [-0.25, -0.2) is 8.78 Å². The van der Waals surface area contributed by atoms with Crippen molar-refractivity contribution in [1.82, 2.24) is 0 Å². The fraction of sp³-hybridized carbons (Fsp3) is 0.235. The first-order chi connectivity index (χ1) is 10.1. The zero-order valence-electron chi connectivity index (χ0n) is 11.2. The standard InChI is InChI=1S/C17H13BrF2O/c18-14-9-15(19)13(8-16(14)20)17(21)12-6-5-10-3-1-2-4-11(10)7-12/h1-4,8-9,12H,5-7H2. The molecule has 108 valence electrons. The van der Waals surface area contributed by atoms with Gasteiger partial charge in [-0.15, -0.1) is 0 Å². The molecule has 0 heterocycles. The zero-order chi connectivity index (χ0) is 15.0. The SMILES string of the molecule is O=C(c1cc(F)c(Br)cc1F)C1CCc2ccccc2C1. The maximum Gasteiger partial charge on any atom is 0.169 e. The first-order valence-electron chi connectivity index (χ1n) is 6.82. The third-order valence-electron chi connectivity index (χ3n) is 3.99. The minimum absolute atomic E-state index is 0.0329. The van der Waals surface area contributed by atoms with Crippen LogP contribution in [-0.2, 0) is 12.8 Å². The molecule has 0 bridgehead atoms. The average Bonchev–Trinajstić information content (AvgIpc) is 2.50. The minimum atomic E-state index is -0.674. The lowest BCUT2D eigenvalue weighted by Gasteiger charge is -2.23. The summed E-state index contributed by atoms with van der Waals surface area (Å²) in [5.74, 6) is -1.88. The van der Waals surface area contributed by atoms with Crippen LogP contribution in [0.25, 0.3) is 0 Å². The first-order valence-corrected chi connectivity index (χ1v) is 7.61. The highest BCUT2D eigenvalue weighted by molar-refractivity contribution is 9.10. The van der Waals surface area contributed by atoms with E-state index in [1.54, 1.807) is 0 Å². The second kappa shape index (κ2) is 5.68. The Morgan fingerprint density at radius 3 is 2.57 bits per heavy atom. The monoisotopic (exact) mass is 350 g/mol. The summed E-state index contributed by atoms with van der Waals surface area (Å²) >= 11 is 2.92. The molecular formula is C17H13BrF2O. The number of halogens is 3. The fourth-order valence-electron chi connectivity index (χ4n) is 2.85. The van der Waals surface area contributed by atoms with Crippen molar-refractivity contribution in [3.8, 4) is 0 Å². The largest absolute Gasteiger partial charge is 0.294 e. The van der Waals surface area contributed by atoms with E-state index in [1.807, 2.05) is 18.2 Å². The van der Waals surface area contributed by atoms with Crippen molar-refractivity contribution < 1.29 is 13.6 Å². The number of hydrogen-bond acceptors (Lipinski definition) is 1. The molecule has 0 N–H and O–H groups in total. The molecule has 2 aromatic rings. The topological polar surface area (TPSA) is 17.1 Å². The lowest BCUT2D eigenvalue weighted by Crippen LogP contribution is -2.23. The number of rotatable bonds is 2. The minimum Gasteiger partial charge on any atom is -0.294 e. The van der Waals surface area contributed by atoms with Gasteiger partial charge < -0.3 is 0 Å².